The van der Waals surface area contributed by atoms with Crippen LogP contribution in [0.4, 0.5) is 11.4 Å². The molecule has 0 spiro atoms. The Labute approximate surface area is 207 Å². The van der Waals surface area contributed by atoms with Crippen LogP contribution in [0.2, 0.25) is 0 Å². The number of amides is 1. The number of fused-ring (bicyclic) bond motifs is 1. The van der Waals surface area contributed by atoms with E-state index in [-0.39, 0.29) is 30.7 Å². The third-order valence-electron chi connectivity index (χ3n) is 5.90. The van der Waals surface area contributed by atoms with Crippen molar-refractivity contribution >= 4 is 47.8 Å². The quantitative estimate of drug-likeness (QED) is 0.581. The SMILES string of the molecule is Cl.Cl.O=C1Nc2cc(N3CCNCC3)ccc2C(c2ccccc2)=N[C@@H]1Cc1ccccc1. The summed E-state index contributed by atoms with van der Waals surface area (Å²) in [6.07, 6.45) is 0.571. The van der Waals surface area contributed by atoms with Crippen molar-refractivity contribution in [2.45, 2.75) is 12.5 Å². The number of piperazine rings is 1. The maximum absolute atomic E-state index is 13.2. The van der Waals surface area contributed by atoms with E-state index in [9.17, 15) is 4.79 Å². The standard InChI is InChI=1S/C26H26N4O.2ClH/c31-26-24(17-19-7-3-1-4-8-19)28-25(20-9-5-2-6-10-20)22-12-11-21(18-23(22)29-26)30-15-13-27-14-16-30;;/h1-12,18,24,27H,13-17H2,(H,29,31);2*1H/t24-;;/m1../s1. The molecule has 0 radical (unpaired) electrons. The molecule has 0 aromatic heterocycles. The Balaban J connectivity index is 0.00000153. The van der Waals surface area contributed by atoms with Crippen molar-refractivity contribution in [2.75, 3.05) is 36.4 Å². The lowest BCUT2D eigenvalue weighted by atomic mass is 9.99. The van der Waals surface area contributed by atoms with Gasteiger partial charge < -0.3 is 15.5 Å². The van der Waals surface area contributed by atoms with Crippen LogP contribution in [0.25, 0.3) is 0 Å². The average molecular weight is 483 g/mol. The van der Waals surface area contributed by atoms with Gasteiger partial charge in [0.2, 0.25) is 5.91 Å². The Morgan fingerprint density at radius 1 is 0.879 bits per heavy atom. The summed E-state index contributed by atoms with van der Waals surface area (Å²) in [5.41, 5.74) is 5.92. The van der Waals surface area contributed by atoms with E-state index < -0.39 is 6.04 Å². The molecule has 2 N–H and O–H groups in total. The number of benzodiazepines with no additional fused rings is 1. The number of nitrogens with one attached hydrogen (secondary N) is 2. The summed E-state index contributed by atoms with van der Waals surface area (Å²) in [4.78, 5) is 20.5. The average Bonchev–Trinajstić information content (AvgIpc) is 2.96. The molecule has 2 heterocycles. The summed E-state index contributed by atoms with van der Waals surface area (Å²) in [6, 6.07) is 26.1. The summed E-state index contributed by atoms with van der Waals surface area (Å²) in [6.45, 7) is 3.87. The first-order valence-corrected chi connectivity index (χ1v) is 10.9. The molecule has 0 saturated carbocycles. The molecule has 5 nitrogen and oxygen atoms in total. The molecule has 1 fully saturated rings. The molecule has 0 bridgehead atoms. The number of rotatable bonds is 4. The predicted molar refractivity (Wildman–Crippen MR) is 141 cm³/mol. The van der Waals surface area contributed by atoms with Crippen LogP contribution in [-0.2, 0) is 11.2 Å². The van der Waals surface area contributed by atoms with Gasteiger partial charge in [-0.3, -0.25) is 9.79 Å². The molecule has 5 rings (SSSR count). The number of halogens is 2. The number of aliphatic imine (C=N–C) groups is 1. The molecule has 7 heteroatoms. The van der Waals surface area contributed by atoms with Crippen molar-refractivity contribution in [1.29, 1.82) is 0 Å². The summed E-state index contributed by atoms with van der Waals surface area (Å²) in [7, 11) is 0. The molecule has 3 aromatic carbocycles. The molecular formula is C26H28Cl2N4O. The van der Waals surface area contributed by atoms with Crippen molar-refractivity contribution in [1.82, 2.24) is 5.32 Å². The zero-order valence-electron chi connectivity index (χ0n) is 18.2. The minimum atomic E-state index is -0.479. The van der Waals surface area contributed by atoms with Crippen molar-refractivity contribution in [3.63, 3.8) is 0 Å². The van der Waals surface area contributed by atoms with E-state index in [1.54, 1.807) is 0 Å². The minimum Gasteiger partial charge on any atom is -0.369 e. The van der Waals surface area contributed by atoms with Crippen LogP contribution in [0.1, 0.15) is 16.7 Å². The number of benzene rings is 3. The molecule has 3 aromatic rings. The highest BCUT2D eigenvalue weighted by Gasteiger charge is 2.27. The second kappa shape index (κ2) is 11.3. The van der Waals surface area contributed by atoms with E-state index >= 15 is 0 Å². The van der Waals surface area contributed by atoms with Crippen LogP contribution < -0.4 is 15.5 Å². The first-order valence-electron chi connectivity index (χ1n) is 10.9. The number of carbonyl (C=O) groups is 1. The lowest BCUT2D eigenvalue weighted by Crippen LogP contribution is -2.43. The van der Waals surface area contributed by atoms with Crippen molar-refractivity contribution in [3.8, 4) is 0 Å². The van der Waals surface area contributed by atoms with Gasteiger partial charge in [-0.1, -0.05) is 60.7 Å². The van der Waals surface area contributed by atoms with E-state index in [0.717, 1.165) is 60.0 Å². The minimum absolute atomic E-state index is 0. The third kappa shape index (κ3) is 5.56. The monoisotopic (exact) mass is 482 g/mol. The highest BCUT2D eigenvalue weighted by molar-refractivity contribution is 6.20. The second-order valence-electron chi connectivity index (χ2n) is 8.01. The zero-order valence-corrected chi connectivity index (χ0v) is 19.9. The summed E-state index contributed by atoms with van der Waals surface area (Å²) in [5.74, 6) is -0.0616. The third-order valence-corrected chi connectivity index (χ3v) is 5.90. The number of nitrogens with zero attached hydrogens (tertiary/aromatic N) is 2. The largest absolute Gasteiger partial charge is 0.369 e. The Hall–Kier alpha value is -2.86. The second-order valence-corrected chi connectivity index (χ2v) is 8.01. The fourth-order valence-electron chi connectivity index (χ4n) is 4.26. The van der Waals surface area contributed by atoms with Gasteiger partial charge in [-0.2, -0.15) is 0 Å². The molecule has 1 saturated heterocycles. The van der Waals surface area contributed by atoms with Gasteiger partial charge in [0.15, 0.2) is 0 Å². The first-order chi connectivity index (χ1) is 15.3. The van der Waals surface area contributed by atoms with Gasteiger partial charge in [-0.25, -0.2) is 0 Å². The number of anilines is 2. The van der Waals surface area contributed by atoms with Crippen LogP contribution in [-0.4, -0.2) is 43.8 Å². The molecular weight excluding hydrogens is 455 g/mol. The molecule has 0 unspecified atom stereocenters. The van der Waals surface area contributed by atoms with Crippen molar-refractivity contribution in [3.05, 3.63) is 95.6 Å². The maximum Gasteiger partial charge on any atom is 0.249 e. The zero-order chi connectivity index (χ0) is 21.0. The van der Waals surface area contributed by atoms with Crippen LogP contribution in [0.3, 0.4) is 0 Å². The lowest BCUT2D eigenvalue weighted by molar-refractivity contribution is -0.117. The van der Waals surface area contributed by atoms with Gasteiger partial charge in [-0.15, -0.1) is 24.8 Å². The molecule has 33 heavy (non-hydrogen) atoms. The maximum atomic E-state index is 13.2. The van der Waals surface area contributed by atoms with Gasteiger partial charge in [-0.05, 0) is 23.8 Å². The van der Waals surface area contributed by atoms with Crippen LogP contribution in [0.15, 0.2) is 83.9 Å². The Kier molecular flexibility index (Phi) is 8.50. The summed E-state index contributed by atoms with van der Waals surface area (Å²) >= 11 is 0. The van der Waals surface area contributed by atoms with Gasteiger partial charge in [0, 0.05) is 49.4 Å². The molecule has 2 aliphatic rings. The summed E-state index contributed by atoms with van der Waals surface area (Å²) in [5, 5.41) is 6.57. The Morgan fingerprint density at radius 3 is 2.24 bits per heavy atom. The van der Waals surface area contributed by atoms with Gasteiger partial charge in [0.25, 0.3) is 0 Å². The highest BCUT2D eigenvalue weighted by atomic mass is 35.5. The smallest absolute Gasteiger partial charge is 0.249 e. The molecule has 2 aliphatic heterocycles. The van der Waals surface area contributed by atoms with E-state index in [1.165, 1.54) is 0 Å². The normalized spacial score (nSPS) is 17.5. The topological polar surface area (TPSA) is 56.7 Å². The van der Waals surface area contributed by atoms with Crippen molar-refractivity contribution in [2.24, 2.45) is 4.99 Å². The number of hydrogen-bond acceptors (Lipinski definition) is 4. The molecule has 1 amide bonds. The summed E-state index contributed by atoms with van der Waals surface area (Å²) < 4.78 is 0. The van der Waals surface area contributed by atoms with Gasteiger partial charge in [0.1, 0.15) is 6.04 Å². The van der Waals surface area contributed by atoms with E-state index in [0.29, 0.717) is 6.42 Å². The van der Waals surface area contributed by atoms with Crippen molar-refractivity contribution < 1.29 is 4.79 Å². The van der Waals surface area contributed by atoms with Gasteiger partial charge >= 0.3 is 0 Å². The first kappa shape index (κ1) is 24.8. The Morgan fingerprint density at radius 2 is 1.55 bits per heavy atom. The fourth-order valence-corrected chi connectivity index (χ4v) is 4.26. The molecule has 172 valence electrons. The van der Waals surface area contributed by atoms with E-state index in [1.807, 2.05) is 48.5 Å². The Bertz CT molecular complexity index is 1100. The highest BCUT2D eigenvalue weighted by Crippen LogP contribution is 2.30. The lowest BCUT2D eigenvalue weighted by Gasteiger charge is -2.30. The van der Waals surface area contributed by atoms with Crippen LogP contribution >= 0.6 is 24.8 Å². The van der Waals surface area contributed by atoms with Gasteiger partial charge in [0.05, 0.1) is 11.4 Å². The molecule has 1 atom stereocenters. The number of carbonyl (C=O) groups excluding carboxylic acids is 1. The number of hydrogen-bond donors (Lipinski definition) is 2. The van der Waals surface area contributed by atoms with Crippen LogP contribution in [0, 0.1) is 0 Å². The van der Waals surface area contributed by atoms with Crippen LogP contribution in [0.5, 0.6) is 0 Å². The fraction of sp³-hybridized carbons (Fsp3) is 0.231. The van der Waals surface area contributed by atoms with E-state index in [2.05, 4.69) is 45.9 Å². The van der Waals surface area contributed by atoms with E-state index in [4.69, 9.17) is 4.99 Å². The predicted octanol–water partition coefficient (Wildman–Crippen LogP) is 4.34. The molecule has 0 aliphatic carbocycles.